The quantitative estimate of drug-likeness (QED) is 0.633. The van der Waals surface area contributed by atoms with Crippen LogP contribution in [0.4, 0.5) is 0 Å². The molecule has 0 N–H and O–H groups in total. The van der Waals surface area contributed by atoms with Gasteiger partial charge in [-0.25, -0.2) is 4.79 Å². The van der Waals surface area contributed by atoms with E-state index in [0.29, 0.717) is 11.5 Å². The lowest BCUT2D eigenvalue weighted by Gasteiger charge is -2.18. The highest BCUT2D eigenvalue weighted by atomic mass is 32.2. The average molecular weight is 329 g/mol. The Morgan fingerprint density at radius 3 is 2.18 bits per heavy atom. The van der Waals surface area contributed by atoms with E-state index in [1.54, 1.807) is 0 Å². The molecular weight excluding hydrogens is 306 g/mol. The van der Waals surface area contributed by atoms with Crippen LogP contribution in [0, 0.1) is 11.8 Å². The van der Waals surface area contributed by atoms with Gasteiger partial charge >= 0.3 is 5.97 Å². The number of hydrogen-bond acceptors (Lipinski definition) is 6. The predicted molar refractivity (Wildman–Crippen MR) is 82.7 cm³/mol. The van der Waals surface area contributed by atoms with Gasteiger partial charge in [-0.3, -0.25) is 14.4 Å². The minimum atomic E-state index is -0.622. The third kappa shape index (κ3) is 5.44. The number of carbonyl (C=O) groups excluding carboxylic acids is 4. The first-order valence-corrected chi connectivity index (χ1v) is 8.49. The topological polar surface area (TPSA) is 80.8 Å². The first kappa shape index (κ1) is 18.7. The SMILES string of the molecule is CC(CC(C)C(=O)C(C)C)SCC(=O)ON1C(=O)CCC1=O. The largest absolute Gasteiger partial charge is 0.342 e. The molecule has 6 nitrogen and oxygen atoms in total. The summed E-state index contributed by atoms with van der Waals surface area (Å²) < 4.78 is 0. The van der Waals surface area contributed by atoms with Gasteiger partial charge in [0, 0.05) is 29.9 Å². The minimum Gasteiger partial charge on any atom is -0.329 e. The van der Waals surface area contributed by atoms with E-state index in [1.807, 2.05) is 27.7 Å². The maximum absolute atomic E-state index is 11.8. The van der Waals surface area contributed by atoms with Crippen LogP contribution in [0.2, 0.25) is 0 Å². The van der Waals surface area contributed by atoms with E-state index in [2.05, 4.69) is 0 Å². The lowest BCUT2D eigenvalue weighted by atomic mass is 9.93. The number of hydroxylamine groups is 2. The van der Waals surface area contributed by atoms with Crippen LogP contribution in [-0.2, 0) is 24.0 Å². The van der Waals surface area contributed by atoms with Crippen molar-refractivity contribution in [3.63, 3.8) is 0 Å². The molecule has 1 aliphatic heterocycles. The molecule has 2 amide bonds. The Morgan fingerprint density at radius 2 is 1.68 bits per heavy atom. The zero-order chi connectivity index (χ0) is 16.9. The molecule has 1 fully saturated rings. The zero-order valence-electron chi connectivity index (χ0n) is 13.5. The summed E-state index contributed by atoms with van der Waals surface area (Å²) in [6.45, 7) is 7.57. The van der Waals surface area contributed by atoms with Gasteiger partial charge in [-0.05, 0) is 6.42 Å². The lowest BCUT2D eigenvalue weighted by molar-refractivity contribution is -0.195. The summed E-state index contributed by atoms with van der Waals surface area (Å²) >= 11 is 1.35. The molecule has 1 heterocycles. The van der Waals surface area contributed by atoms with E-state index in [-0.39, 0.29) is 41.5 Å². The molecule has 2 atom stereocenters. The number of Topliss-reactive ketones (excluding diaryl/α,β-unsaturated/α-hetero) is 1. The van der Waals surface area contributed by atoms with Crippen molar-refractivity contribution in [2.24, 2.45) is 11.8 Å². The lowest BCUT2D eigenvalue weighted by Crippen LogP contribution is -2.33. The summed E-state index contributed by atoms with van der Waals surface area (Å²) in [5.74, 6) is -1.38. The Bertz CT molecular complexity index is 447. The zero-order valence-corrected chi connectivity index (χ0v) is 14.3. The molecule has 1 aliphatic rings. The second kappa shape index (κ2) is 8.31. The van der Waals surface area contributed by atoms with E-state index in [0.717, 1.165) is 0 Å². The second-order valence-corrected chi connectivity index (χ2v) is 7.29. The molecule has 7 heteroatoms. The van der Waals surface area contributed by atoms with Gasteiger partial charge in [0.05, 0.1) is 5.75 Å². The fourth-order valence-electron chi connectivity index (χ4n) is 2.25. The molecule has 22 heavy (non-hydrogen) atoms. The van der Waals surface area contributed by atoms with Crippen molar-refractivity contribution >= 4 is 35.3 Å². The van der Waals surface area contributed by atoms with Crippen LogP contribution in [0.1, 0.15) is 47.0 Å². The van der Waals surface area contributed by atoms with Gasteiger partial charge in [0.15, 0.2) is 0 Å². The maximum Gasteiger partial charge on any atom is 0.342 e. The Kier molecular flexibility index (Phi) is 7.06. The van der Waals surface area contributed by atoms with Crippen molar-refractivity contribution in [1.82, 2.24) is 5.06 Å². The predicted octanol–water partition coefficient (Wildman–Crippen LogP) is 1.97. The molecule has 0 aromatic carbocycles. The van der Waals surface area contributed by atoms with Crippen molar-refractivity contribution in [3.8, 4) is 0 Å². The smallest absolute Gasteiger partial charge is 0.329 e. The highest BCUT2D eigenvalue weighted by Gasteiger charge is 2.32. The number of carbonyl (C=O) groups is 4. The van der Waals surface area contributed by atoms with Crippen molar-refractivity contribution < 1.29 is 24.0 Å². The fourth-order valence-corrected chi connectivity index (χ4v) is 3.15. The van der Waals surface area contributed by atoms with Gasteiger partial charge in [0.2, 0.25) is 0 Å². The molecule has 1 rings (SSSR count). The Balaban J connectivity index is 2.33. The summed E-state index contributed by atoms with van der Waals surface area (Å²) in [5, 5.41) is 0.661. The number of ketones is 1. The molecule has 0 radical (unpaired) electrons. The number of rotatable bonds is 8. The van der Waals surface area contributed by atoms with Crippen LogP contribution in [0.5, 0.6) is 0 Å². The number of amides is 2. The molecular formula is C15H23NO5S. The molecule has 2 unspecified atom stereocenters. The van der Waals surface area contributed by atoms with Gasteiger partial charge in [-0.1, -0.05) is 27.7 Å². The van der Waals surface area contributed by atoms with E-state index < -0.39 is 17.8 Å². The number of hydrogen-bond donors (Lipinski definition) is 0. The molecule has 0 bridgehead atoms. The molecule has 0 aromatic heterocycles. The Labute approximate surface area is 134 Å². The minimum absolute atomic E-state index is 0.00403. The summed E-state index contributed by atoms with van der Waals surface area (Å²) in [7, 11) is 0. The van der Waals surface area contributed by atoms with Crippen LogP contribution in [-0.4, -0.2) is 39.6 Å². The van der Waals surface area contributed by atoms with Crippen molar-refractivity contribution in [3.05, 3.63) is 0 Å². The van der Waals surface area contributed by atoms with E-state index in [1.165, 1.54) is 11.8 Å². The first-order valence-electron chi connectivity index (χ1n) is 7.44. The summed E-state index contributed by atoms with van der Waals surface area (Å²) in [5.41, 5.74) is 0. The number of nitrogens with zero attached hydrogens (tertiary/aromatic N) is 1. The highest BCUT2D eigenvalue weighted by Crippen LogP contribution is 2.22. The van der Waals surface area contributed by atoms with E-state index in [4.69, 9.17) is 4.84 Å². The van der Waals surface area contributed by atoms with Crippen LogP contribution < -0.4 is 0 Å². The van der Waals surface area contributed by atoms with Crippen LogP contribution in [0.3, 0.4) is 0 Å². The molecule has 0 saturated carbocycles. The summed E-state index contributed by atoms with van der Waals surface area (Å²) in [6.07, 6.45) is 0.853. The highest BCUT2D eigenvalue weighted by molar-refractivity contribution is 8.00. The molecule has 0 aromatic rings. The van der Waals surface area contributed by atoms with Crippen molar-refractivity contribution in [2.45, 2.75) is 52.2 Å². The van der Waals surface area contributed by atoms with Gasteiger partial charge in [-0.2, -0.15) is 0 Å². The van der Waals surface area contributed by atoms with Crippen LogP contribution >= 0.6 is 11.8 Å². The fraction of sp³-hybridized carbons (Fsp3) is 0.733. The first-order chi connectivity index (χ1) is 10.2. The third-order valence-corrected chi connectivity index (χ3v) is 4.59. The summed E-state index contributed by atoms with van der Waals surface area (Å²) in [6, 6.07) is 0. The summed E-state index contributed by atoms with van der Waals surface area (Å²) in [4.78, 5) is 50.9. The van der Waals surface area contributed by atoms with Gasteiger partial charge in [0.1, 0.15) is 5.78 Å². The van der Waals surface area contributed by atoms with Crippen LogP contribution in [0.15, 0.2) is 0 Å². The van der Waals surface area contributed by atoms with Crippen molar-refractivity contribution in [1.29, 1.82) is 0 Å². The molecule has 124 valence electrons. The third-order valence-electron chi connectivity index (χ3n) is 3.42. The van der Waals surface area contributed by atoms with Gasteiger partial charge in [0.25, 0.3) is 11.8 Å². The van der Waals surface area contributed by atoms with Crippen LogP contribution in [0.25, 0.3) is 0 Å². The molecule has 1 saturated heterocycles. The average Bonchev–Trinajstić information content (AvgIpc) is 2.75. The normalized spacial score (nSPS) is 17.8. The van der Waals surface area contributed by atoms with Crippen molar-refractivity contribution in [2.75, 3.05) is 5.75 Å². The Morgan fingerprint density at radius 1 is 1.14 bits per heavy atom. The monoisotopic (exact) mass is 329 g/mol. The second-order valence-electron chi connectivity index (χ2n) is 5.86. The number of thioether (sulfide) groups is 1. The van der Waals surface area contributed by atoms with Gasteiger partial charge in [-0.15, -0.1) is 16.8 Å². The maximum atomic E-state index is 11.8. The molecule has 0 aliphatic carbocycles. The van der Waals surface area contributed by atoms with E-state index in [9.17, 15) is 19.2 Å². The Hall–Kier alpha value is -1.37. The molecule has 0 spiro atoms. The number of imide groups is 1. The van der Waals surface area contributed by atoms with Gasteiger partial charge < -0.3 is 4.84 Å². The standard InChI is InChI=1S/C15H23NO5S/c1-9(2)15(20)10(3)7-11(4)22-8-14(19)21-16-12(17)5-6-13(16)18/h9-11H,5-8H2,1-4H3. The van der Waals surface area contributed by atoms with E-state index >= 15 is 0 Å².